The molecule has 2 heteroatoms. The second kappa shape index (κ2) is 8.08. The van der Waals surface area contributed by atoms with Gasteiger partial charge >= 0.3 is 0 Å². The van der Waals surface area contributed by atoms with E-state index < -0.39 is 0 Å². The van der Waals surface area contributed by atoms with Gasteiger partial charge in [-0.2, -0.15) is 0 Å². The summed E-state index contributed by atoms with van der Waals surface area (Å²) >= 11 is 0. The standard InChI is InChI=1S/C14H29NO/c1-3-4-5-6-7-10-15-11-8-14(9-12-15)13(2)16/h13-14,16H,3-12H2,1-2H3. The lowest BCUT2D eigenvalue weighted by Gasteiger charge is -2.33. The molecule has 16 heavy (non-hydrogen) atoms. The van der Waals surface area contributed by atoms with Crippen LogP contribution in [0, 0.1) is 5.92 Å². The van der Waals surface area contributed by atoms with E-state index in [9.17, 15) is 5.11 Å². The molecule has 0 aromatic carbocycles. The lowest BCUT2D eigenvalue weighted by Crippen LogP contribution is -2.37. The molecule has 1 aliphatic heterocycles. The number of aliphatic hydroxyl groups excluding tert-OH is 1. The van der Waals surface area contributed by atoms with Gasteiger partial charge in [-0.25, -0.2) is 0 Å². The van der Waals surface area contributed by atoms with Crippen molar-refractivity contribution in [2.75, 3.05) is 19.6 Å². The summed E-state index contributed by atoms with van der Waals surface area (Å²) in [7, 11) is 0. The molecule has 1 N–H and O–H groups in total. The van der Waals surface area contributed by atoms with Gasteiger partial charge in [0.1, 0.15) is 0 Å². The fraction of sp³-hybridized carbons (Fsp3) is 1.00. The zero-order valence-corrected chi connectivity index (χ0v) is 11.1. The van der Waals surface area contributed by atoms with Gasteiger partial charge in [0.05, 0.1) is 6.10 Å². The number of nitrogens with zero attached hydrogens (tertiary/aromatic N) is 1. The number of hydrogen-bond donors (Lipinski definition) is 1. The maximum absolute atomic E-state index is 9.52. The van der Waals surface area contributed by atoms with Gasteiger partial charge in [-0.05, 0) is 51.7 Å². The molecule has 1 aliphatic rings. The van der Waals surface area contributed by atoms with Gasteiger partial charge in [0.15, 0.2) is 0 Å². The van der Waals surface area contributed by atoms with Crippen LogP contribution in [0.15, 0.2) is 0 Å². The Balaban J connectivity index is 1.99. The second-order valence-corrected chi connectivity index (χ2v) is 5.33. The number of hydrogen-bond acceptors (Lipinski definition) is 2. The van der Waals surface area contributed by atoms with Crippen LogP contribution >= 0.6 is 0 Å². The quantitative estimate of drug-likeness (QED) is 0.676. The third-order valence-electron chi connectivity index (χ3n) is 3.89. The molecule has 1 unspecified atom stereocenters. The molecule has 0 bridgehead atoms. The first-order valence-corrected chi connectivity index (χ1v) is 7.14. The molecule has 0 saturated carbocycles. The first-order valence-electron chi connectivity index (χ1n) is 7.14. The van der Waals surface area contributed by atoms with E-state index in [2.05, 4.69) is 11.8 Å². The molecule has 1 atom stereocenters. The van der Waals surface area contributed by atoms with Crippen LogP contribution in [0.2, 0.25) is 0 Å². The minimum absolute atomic E-state index is 0.105. The Morgan fingerprint density at radius 3 is 2.31 bits per heavy atom. The Hall–Kier alpha value is -0.0800. The number of likely N-dealkylation sites (tertiary alicyclic amines) is 1. The van der Waals surface area contributed by atoms with Gasteiger partial charge in [-0.1, -0.05) is 32.6 Å². The fourth-order valence-electron chi connectivity index (χ4n) is 2.60. The maximum atomic E-state index is 9.52. The summed E-state index contributed by atoms with van der Waals surface area (Å²) in [5.41, 5.74) is 0. The first kappa shape index (κ1) is 14.0. The van der Waals surface area contributed by atoms with Crippen molar-refractivity contribution in [1.29, 1.82) is 0 Å². The third kappa shape index (κ3) is 5.31. The Labute approximate surface area is 101 Å². The smallest absolute Gasteiger partial charge is 0.0541 e. The molecular weight excluding hydrogens is 198 g/mol. The summed E-state index contributed by atoms with van der Waals surface area (Å²) in [4.78, 5) is 2.57. The highest BCUT2D eigenvalue weighted by atomic mass is 16.3. The zero-order valence-electron chi connectivity index (χ0n) is 11.1. The third-order valence-corrected chi connectivity index (χ3v) is 3.89. The molecule has 0 amide bonds. The Morgan fingerprint density at radius 2 is 1.75 bits per heavy atom. The lowest BCUT2D eigenvalue weighted by atomic mass is 9.92. The zero-order chi connectivity index (χ0) is 11.8. The SMILES string of the molecule is CCCCCCCN1CCC(C(C)O)CC1. The van der Waals surface area contributed by atoms with Crippen molar-refractivity contribution in [3.05, 3.63) is 0 Å². The fourth-order valence-corrected chi connectivity index (χ4v) is 2.60. The number of piperidine rings is 1. The molecule has 0 radical (unpaired) electrons. The van der Waals surface area contributed by atoms with Crippen molar-refractivity contribution >= 4 is 0 Å². The van der Waals surface area contributed by atoms with Crippen molar-refractivity contribution < 1.29 is 5.11 Å². The summed E-state index contributed by atoms with van der Waals surface area (Å²) in [6.45, 7) is 7.87. The predicted molar refractivity (Wildman–Crippen MR) is 69.6 cm³/mol. The summed E-state index contributed by atoms with van der Waals surface area (Å²) in [6.07, 6.45) is 9.15. The van der Waals surface area contributed by atoms with Gasteiger partial charge in [-0.3, -0.25) is 0 Å². The van der Waals surface area contributed by atoms with Crippen molar-refractivity contribution in [3.8, 4) is 0 Å². The van der Waals surface area contributed by atoms with Crippen LogP contribution in [0.25, 0.3) is 0 Å². The van der Waals surface area contributed by atoms with Crippen LogP contribution in [-0.4, -0.2) is 35.7 Å². The molecule has 0 aromatic heterocycles. The van der Waals surface area contributed by atoms with Crippen molar-refractivity contribution in [2.45, 2.75) is 64.9 Å². The lowest BCUT2D eigenvalue weighted by molar-refractivity contribution is 0.0713. The van der Waals surface area contributed by atoms with E-state index in [1.165, 1.54) is 64.6 Å². The van der Waals surface area contributed by atoms with Crippen molar-refractivity contribution in [2.24, 2.45) is 5.92 Å². The molecule has 2 nitrogen and oxygen atoms in total. The van der Waals surface area contributed by atoms with Gasteiger partial charge in [0.25, 0.3) is 0 Å². The number of rotatable bonds is 7. The molecule has 0 spiro atoms. The summed E-state index contributed by atoms with van der Waals surface area (Å²) < 4.78 is 0. The van der Waals surface area contributed by atoms with Crippen LogP contribution < -0.4 is 0 Å². The normalized spacial score (nSPS) is 21.2. The molecule has 1 fully saturated rings. The first-order chi connectivity index (χ1) is 7.74. The molecule has 1 saturated heterocycles. The van der Waals surface area contributed by atoms with Gasteiger partial charge in [-0.15, -0.1) is 0 Å². The molecule has 1 heterocycles. The van der Waals surface area contributed by atoms with Crippen LogP contribution in [0.5, 0.6) is 0 Å². The minimum atomic E-state index is -0.105. The minimum Gasteiger partial charge on any atom is -0.393 e. The summed E-state index contributed by atoms with van der Waals surface area (Å²) in [5.74, 6) is 0.552. The van der Waals surface area contributed by atoms with Gasteiger partial charge in [0.2, 0.25) is 0 Å². The summed E-state index contributed by atoms with van der Waals surface area (Å²) in [6, 6.07) is 0. The Kier molecular flexibility index (Phi) is 7.06. The Morgan fingerprint density at radius 1 is 1.12 bits per heavy atom. The topological polar surface area (TPSA) is 23.5 Å². The van der Waals surface area contributed by atoms with Crippen molar-refractivity contribution in [3.63, 3.8) is 0 Å². The van der Waals surface area contributed by atoms with E-state index in [1.807, 2.05) is 6.92 Å². The monoisotopic (exact) mass is 227 g/mol. The molecule has 96 valence electrons. The molecule has 0 aliphatic carbocycles. The van der Waals surface area contributed by atoms with Crippen LogP contribution in [0.3, 0.4) is 0 Å². The van der Waals surface area contributed by atoms with Crippen LogP contribution in [0.1, 0.15) is 58.8 Å². The van der Waals surface area contributed by atoms with Crippen LogP contribution in [-0.2, 0) is 0 Å². The van der Waals surface area contributed by atoms with Crippen LogP contribution in [0.4, 0.5) is 0 Å². The average molecular weight is 227 g/mol. The van der Waals surface area contributed by atoms with E-state index in [0.717, 1.165) is 0 Å². The highest BCUT2D eigenvalue weighted by Gasteiger charge is 2.21. The highest BCUT2D eigenvalue weighted by molar-refractivity contribution is 4.75. The molecular formula is C14H29NO. The number of unbranched alkanes of at least 4 members (excludes halogenated alkanes) is 4. The van der Waals surface area contributed by atoms with E-state index >= 15 is 0 Å². The largest absolute Gasteiger partial charge is 0.393 e. The van der Waals surface area contributed by atoms with E-state index in [-0.39, 0.29) is 6.10 Å². The molecule has 0 aromatic rings. The predicted octanol–water partition coefficient (Wildman–Crippen LogP) is 3.05. The second-order valence-electron chi connectivity index (χ2n) is 5.33. The van der Waals surface area contributed by atoms with Gasteiger partial charge in [0, 0.05) is 0 Å². The number of aliphatic hydroxyl groups is 1. The van der Waals surface area contributed by atoms with Crippen molar-refractivity contribution in [1.82, 2.24) is 4.90 Å². The van der Waals surface area contributed by atoms with E-state index in [4.69, 9.17) is 0 Å². The van der Waals surface area contributed by atoms with E-state index in [0.29, 0.717) is 5.92 Å². The van der Waals surface area contributed by atoms with E-state index in [1.54, 1.807) is 0 Å². The highest BCUT2D eigenvalue weighted by Crippen LogP contribution is 2.20. The maximum Gasteiger partial charge on any atom is 0.0541 e. The Bertz CT molecular complexity index is 162. The van der Waals surface area contributed by atoms with Gasteiger partial charge < -0.3 is 10.0 Å². The summed E-state index contributed by atoms with van der Waals surface area (Å²) in [5, 5.41) is 9.52. The average Bonchev–Trinajstić information content (AvgIpc) is 2.29. The molecule has 1 rings (SSSR count).